The molecule has 0 bridgehead atoms. The fourth-order valence-electron chi connectivity index (χ4n) is 1.00. The monoisotopic (exact) mass is 215 g/mol. The van der Waals surface area contributed by atoms with Gasteiger partial charge in [-0.2, -0.15) is 14.0 Å². The number of alkyl halides is 2. The summed E-state index contributed by atoms with van der Waals surface area (Å²) in [5.41, 5.74) is -1.12. The fraction of sp³-hybridized carbons (Fsp3) is 0.111. The molecule has 0 amide bonds. The van der Waals surface area contributed by atoms with E-state index in [1.807, 2.05) is 0 Å². The Morgan fingerprint density at radius 3 is 2.60 bits per heavy atom. The number of rotatable bonds is 3. The number of nitriles is 1. The van der Waals surface area contributed by atoms with Gasteiger partial charge in [-0.1, -0.05) is 0 Å². The predicted molar refractivity (Wildman–Crippen MR) is 43.1 cm³/mol. The van der Waals surface area contributed by atoms with Gasteiger partial charge in [-0.3, -0.25) is 4.79 Å². The highest BCUT2D eigenvalue weighted by atomic mass is 19.3. The SMILES string of the molecule is N#Cc1c(F)ccc(OC(F)F)c1C=O. The highest BCUT2D eigenvalue weighted by molar-refractivity contribution is 5.83. The third-order valence-corrected chi connectivity index (χ3v) is 1.60. The predicted octanol–water partition coefficient (Wildman–Crippen LogP) is 2.11. The minimum Gasteiger partial charge on any atom is -0.434 e. The van der Waals surface area contributed by atoms with Crippen molar-refractivity contribution in [3.05, 3.63) is 29.1 Å². The normalized spacial score (nSPS) is 9.80. The van der Waals surface area contributed by atoms with Crippen molar-refractivity contribution in [3.8, 4) is 11.8 Å². The Labute approximate surface area is 82.7 Å². The summed E-state index contributed by atoms with van der Waals surface area (Å²) in [5.74, 6) is -1.47. The van der Waals surface area contributed by atoms with Crippen LogP contribution in [0.1, 0.15) is 15.9 Å². The van der Waals surface area contributed by atoms with E-state index in [0.717, 1.165) is 12.1 Å². The van der Waals surface area contributed by atoms with Crippen LogP contribution in [0.25, 0.3) is 0 Å². The van der Waals surface area contributed by atoms with Crippen molar-refractivity contribution >= 4 is 6.29 Å². The molecular weight excluding hydrogens is 211 g/mol. The van der Waals surface area contributed by atoms with E-state index >= 15 is 0 Å². The summed E-state index contributed by atoms with van der Waals surface area (Å²) in [7, 11) is 0. The minimum atomic E-state index is -3.14. The molecule has 0 radical (unpaired) electrons. The molecule has 78 valence electrons. The van der Waals surface area contributed by atoms with Crippen molar-refractivity contribution in [2.24, 2.45) is 0 Å². The minimum absolute atomic E-state index is 0.0966. The van der Waals surface area contributed by atoms with Crippen LogP contribution in [0.4, 0.5) is 13.2 Å². The summed E-state index contributed by atoms with van der Waals surface area (Å²) in [4.78, 5) is 10.5. The maximum absolute atomic E-state index is 12.9. The summed E-state index contributed by atoms with van der Waals surface area (Å²) in [6.07, 6.45) is 0.0966. The summed E-state index contributed by atoms with van der Waals surface area (Å²) in [6.45, 7) is -3.14. The van der Waals surface area contributed by atoms with E-state index in [1.165, 1.54) is 6.07 Å². The van der Waals surface area contributed by atoms with Gasteiger partial charge in [-0.15, -0.1) is 0 Å². The second-order valence-electron chi connectivity index (χ2n) is 2.44. The molecule has 1 rings (SSSR count). The van der Waals surface area contributed by atoms with Gasteiger partial charge >= 0.3 is 6.61 Å². The second kappa shape index (κ2) is 4.46. The summed E-state index contributed by atoms with van der Waals surface area (Å²) in [5, 5.41) is 8.50. The molecule has 0 saturated heterocycles. The maximum Gasteiger partial charge on any atom is 0.387 e. The Hall–Kier alpha value is -2.03. The zero-order chi connectivity index (χ0) is 11.4. The Morgan fingerprint density at radius 2 is 2.13 bits per heavy atom. The Morgan fingerprint density at radius 1 is 1.47 bits per heavy atom. The number of carbonyl (C=O) groups is 1. The number of carbonyl (C=O) groups excluding carboxylic acids is 1. The van der Waals surface area contributed by atoms with Gasteiger partial charge in [0.25, 0.3) is 0 Å². The van der Waals surface area contributed by atoms with Crippen LogP contribution in [0.5, 0.6) is 5.75 Å². The van der Waals surface area contributed by atoms with Crippen LogP contribution in [0, 0.1) is 17.1 Å². The van der Waals surface area contributed by atoms with Gasteiger partial charge in [0.1, 0.15) is 23.2 Å². The van der Waals surface area contributed by atoms with Crippen molar-refractivity contribution in [2.75, 3.05) is 0 Å². The first-order valence-corrected chi connectivity index (χ1v) is 3.72. The van der Waals surface area contributed by atoms with Gasteiger partial charge < -0.3 is 4.74 Å². The number of aldehydes is 1. The van der Waals surface area contributed by atoms with Gasteiger partial charge in [-0.25, -0.2) is 4.39 Å². The third kappa shape index (κ3) is 2.26. The van der Waals surface area contributed by atoms with Crippen molar-refractivity contribution in [1.82, 2.24) is 0 Å². The molecule has 0 aliphatic rings. The molecule has 0 aromatic heterocycles. The molecule has 0 atom stereocenters. The largest absolute Gasteiger partial charge is 0.434 e. The van der Waals surface area contributed by atoms with Crippen LogP contribution in [0.2, 0.25) is 0 Å². The smallest absolute Gasteiger partial charge is 0.387 e. The molecule has 0 fully saturated rings. The van der Waals surface area contributed by atoms with Crippen LogP contribution < -0.4 is 4.74 Å². The highest BCUT2D eigenvalue weighted by Gasteiger charge is 2.16. The number of ether oxygens (including phenoxy) is 1. The molecule has 1 aromatic carbocycles. The molecule has 15 heavy (non-hydrogen) atoms. The number of hydrogen-bond acceptors (Lipinski definition) is 3. The van der Waals surface area contributed by atoms with Crippen LogP contribution in [-0.4, -0.2) is 12.9 Å². The molecular formula is C9H4F3NO2. The number of halogens is 3. The first kappa shape index (κ1) is 11.0. The average molecular weight is 215 g/mol. The number of nitrogens with zero attached hydrogens (tertiary/aromatic N) is 1. The van der Waals surface area contributed by atoms with E-state index in [9.17, 15) is 18.0 Å². The van der Waals surface area contributed by atoms with Crippen LogP contribution in [0.3, 0.4) is 0 Å². The Bertz CT molecular complexity index is 426. The lowest BCUT2D eigenvalue weighted by Gasteiger charge is -2.07. The van der Waals surface area contributed by atoms with Crippen molar-refractivity contribution in [1.29, 1.82) is 5.26 Å². The molecule has 0 N–H and O–H groups in total. The van der Waals surface area contributed by atoms with E-state index in [2.05, 4.69) is 4.74 Å². The number of hydrogen-bond donors (Lipinski definition) is 0. The summed E-state index contributed by atoms with van der Waals surface area (Å²) < 4.78 is 40.6. The molecule has 6 heteroatoms. The lowest BCUT2D eigenvalue weighted by atomic mass is 10.1. The van der Waals surface area contributed by atoms with E-state index in [1.54, 1.807) is 0 Å². The van der Waals surface area contributed by atoms with Gasteiger partial charge in [-0.05, 0) is 12.1 Å². The lowest BCUT2D eigenvalue weighted by molar-refractivity contribution is -0.0501. The zero-order valence-corrected chi connectivity index (χ0v) is 7.21. The molecule has 0 aliphatic carbocycles. The van der Waals surface area contributed by atoms with Crippen molar-refractivity contribution in [3.63, 3.8) is 0 Å². The second-order valence-corrected chi connectivity index (χ2v) is 2.44. The Balaban J connectivity index is 3.30. The molecule has 0 unspecified atom stereocenters. The molecule has 0 saturated carbocycles. The van der Waals surface area contributed by atoms with Crippen molar-refractivity contribution in [2.45, 2.75) is 6.61 Å². The Kier molecular flexibility index (Phi) is 3.29. The molecule has 0 aliphatic heterocycles. The average Bonchev–Trinajstić information content (AvgIpc) is 2.19. The topological polar surface area (TPSA) is 50.1 Å². The van der Waals surface area contributed by atoms with E-state index < -0.39 is 29.3 Å². The summed E-state index contributed by atoms with van der Waals surface area (Å²) in [6, 6.07) is 3.05. The van der Waals surface area contributed by atoms with Crippen LogP contribution >= 0.6 is 0 Å². The van der Waals surface area contributed by atoms with Gasteiger partial charge in [0.05, 0.1) is 5.56 Å². The van der Waals surface area contributed by atoms with E-state index in [-0.39, 0.29) is 6.29 Å². The molecule has 0 spiro atoms. The fourth-order valence-corrected chi connectivity index (χ4v) is 1.00. The third-order valence-electron chi connectivity index (χ3n) is 1.60. The standard InChI is InChI=1S/C9H4F3NO2/c10-7-1-2-8(15-9(11)12)6(4-14)5(7)3-13/h1-2,4,9H. The molecule has 1 aromatic rings. The zero-order valence-electron chi connectivity index (χ0n) is 7.21. The highest BCUT2D eigenvalue weighted by Crippen LogP contribution is 2.24. The van der Waals surface area contributed by atoms with Gasteiger partial charge in [0.2, 0.25) is 0 Å². The van der Waals surface area contributed by atoms with Gasteiger partial charge in [0.15, 0.2) is 6.29 Å². The van der Waals surface area contributed by atoms with E-state index in [0.29, 0.717) is 0 Å². The summed E-state index contributed by atoms with van der Waals surface area (Å²) >= 11 is 0. The molecule has 3 nitrogen and oxygen atoms in total. The number of benzene rings is 1. The lowest BCUT2D eigenvalue weighted by Crippen LogP contribution is -2.06. The maximum atomic E-state index is 12.9. The first-order chi connectivity index (χ1) is 7.10. The van der Waals surface area contributed by atoms with Gasteiger partial charge in [0, 0.05) is 0 Å². The van der Waals surface area contributed by atoms with Crippen LogP contribution in [0.15, 0.2) is 12.1 Å². The molecule has 0 heterocycles. The first-order valence-electron chi connectivity index (χ1n) is 3.72. The quantitative estimate of drug-likeness (QED) is 0.725. The van der Waals surface area contributed by atoms with E-state index in [4.69, 9.17) is 5.26 Å². The van der Waals surface area contributed by atoms with Crippen molar-refractivity contribution < 1.29 is 22.7 Å². The van der Waals surface area contributed by atoms with Crippen LogP contribution in [-0.2, 0) is 0 Å².